The van der Waals surface area contributed by atoms with Gasteiger partial charge in [0.25, 0.3) is 0 Å². The third-order valence-corrected chi connectivity index (χ3v) is 3.73. The van der Waals surface area contributed by atoms with Crippen molar-refractivity contribution in [2.75, 3.05) is 18.4 Å². The summed E-state index contributed by atoms with van der Waals surface area (Å²) in [5, 5.41) is 12.1. The van der Waals surface area contributed by atoms with Gasteiger partial charge in [0.1, 0.15) is 23.6 Å². The van der Waals surface area contributed by atoms with Crippen LogP contribution >= 0.6 is 11.6 Å². The van der Waals surface area contributed by atoms with Crippen LogP contribution in [0.25, 0.3) is 0 Å². The first-order valence-corrected chi connectivity index (χ1v) is 7.37. The summed E-state index contributed by atoms with van der Waals surface area (Å²) >= 11 is 6.01. The predicted molar refractivity (Wildman–Crippen MR) is 85.4 cm³/mol. The van der Waals surface area contributed by atoms with E-state index < -0.39 is 0 Å². The Kier molecular flexibility index (Phi) is 4.31. The van der Waals surface area contributed by atoms with Gasteiger partial charge in [-0.15, -0.1) is 0 Å². The maximum absolute atomic E-state index is 12.1. The van der Waals surface area contributed by atoms with Gasteiger partial charge in [-0.1, -0.05) is 23.7 Å². The number of carbonyl (C=O) groups excluding carboxylic acids is 1. The van der Waals surface area contributed by atoms with Crippen molar-refractivity contribution < 1.29 is 9.53 Å². The summed E-state index contributed by atoms with van der Waals surface area (Å²) in [5.41, 5.74) is 0.881. The zero-order chi connectivity index (χ0) is 16.2. The third-order valence-electron chi connectivity index (χ3n) is 3.40. The average molecular weight is 329 g/mol. The van der Waals surface area contributed by atoms with Gasteiger partial charge in [0.05, 0.1) is 23.8 Å². The minimum atomic E-state index is -0.217. The number of halogens is 1. The SMILES string of the molecule is N#Cc1cc(OC2CN(C(=O)Nc3ccccc3Cl)C2)ccn1. The van der Waals surface area contributed by atoms with Crippen LogP contribution in [-0.2, 0) is 0 Å². The molecule has 2 aromatic rings. The number of anilines is 1. The standard InChI is InChI=1S/C16H13ClN4O2/c17-14-3-1-2-4-15(14)20-16(22)21-9-13(10-21)23-12-5-6-19-11(7-12)8-18/h1-7,13H,9-10H2,(H,20,22). The van der Waals surface area contributed by atoms with Crippen LogP contribution in [0.5, 0.6) is 5.75 Å². The topological polar surface area (TPSA) is 78.2 Å². The number of amides is 2. The quantitative estimate of drug-likeness (QED) is 0.939. The Bertz CT molecular complexity index is 769. The van der Waals surface area contributed by atoms with Gasteiger partial charge in [0.15, 0.2) is 0 Å². The molecule has 2 heterocycles. The molecular formula is C16H13ClN4O2. The molecule has 23 heavy (non-hydrogen) atoms. The van der Waals surface area contributed by atoms with Gasteiger partial charge in [-0.25, -0.2) is 9.78 Å². The molecule has 116 valence electrons. The highest BCUT2D eigenvalue weighted by Gasteiger charge is 2.32. The number of urea groups is 1. The van der Waals surface area contributed by atoms with Crippen LogP contribution in [0, 0.1) is 11.3 Å². The lowest BCUT2D eigenvalue weighted by atomic mass is 10.2. The first-order valence-electron chi connectivity index (χ1n) is 6.99. The fourth-order valence-electron chi connectivity index (χ4n) is 2.17. The van der Waals surface area contributed by atoms with Crippen molar-refractivity contribution in [2.24, 2.45) is 0 Å². The highest BCUT2D eigenvalue weighted by Crippen LogP contribution is 2.23. The minimum absolute atomic E-state index is 0.0964. The van der Waals surface area contributed by atoms with E-state index in [2.05, 4.69) is 10.3 Å². The van der Waals surface area contributed by atoms with Gasteiger partial charge in [-0.05, 0) is 18.2 Å². The third kappa shape index (κ3) is 3.52. The van der Waals surface area contributed by atoms with Gasteiger partial charge in [-0.3, -0.25) is 0 Å². The highest BCUT2D eigenvalue weighted by molar-refractivity contribution is 6.33. The fourth-order valence-corrected chi connectivity index (χ4v) is 2.36. The zero-order valence-corrected chi connectivity index (χ0v) is 12.8. The van der Waals surface area contributed by atoms with Crippen LogP contribution in [0.2, 0.25) is 5.02 Å². The molecule has 1 aromatic heterocycles. The molecule has 1 fully saturated rings. The Hall–Kier alpha value is -2.78. The van der Waals surface area contributed by atoms with Gasteiger partial charge >= 0.3 is 6.03 Å². The number of hydrogen-bond donors (Lipinski definition) is 1. The van der Waals surface area contributed by atoms with Gasteiger partial charge in [-0.2, -0.15) is 5.26 Å². The molecule has 1 aliphatic heterocycles. The molecule has 1 aromatic carbocycles. The largest absolute Gasteiger partial charge is 0.487 e. The van der Waals surface area contributed by atoms with E-state index in [1.54, 1.807) is 41.3 Å². The number of nitrogens with zero attached hydrogens (tertiary/aromatic N) is 3. The molecule has 0 aliphatic carbocycles. The maximum atomic E-state index is 12.1. The van der Waals surface area contributed by atoms with E-state index in [1.807, 2.05) is 6.07 Å². The summed E-state index contributed by atoms with van der Waals surface area (Å²) < 4.78 is 5.71. The van der Waals surface area contributed by atoms with Crippen molar-refractivity contribution in [2.45, 2.75) is 6.10 Å². The van der Waals surface area contributed by atoms with E-state index in [4.69, 9.17) is 21.6 Å². The molecule has 3 rings (SSSR count). The Labute approximate surface area is 138 Å². The summed E-state index contributed by atoms with van der Waals surface area (Å²) in [7, 11) is 0. The van der Waals surface area contributed by atoms with Crippen molar-refractivity contribution in [3.63, 3.8) is 0 Å². The van der Waals surface area contributed by atoms with Crippen LogP contribution in [-0.4, -0.2) is 35.1 Å². The molecule has 0 saturated carbocycles. The lowest BCUT2D eigenvalue weighted by molar-refractivity contribution is 0.0492. The molecule has 0 spiro atoms. The normalized spacial score (nSPS) is 13.8. The average Bonchev–Trinajstić information content (AvgIpc) is 2.52. The summed E-state index contributed by atoms with van der Waals surface area (Å²) in [6.45, 7) is 0.945. The van der Waals surface area contributed by atoms with E-state index in [9.17, 15) is 4.79 Å². The van der Waals surface area contributed by atoms with Crippen molar-refractivity contribution in [1.82, 2.24) is 9.88 Å². The van der Waals surface area contributed by atoms with Crippen LogP contribution < -0.4 is 10.1 Å². The number of pyridine rings is 1. The number of hydrogen-bond acceptors (Lipinski definition) is 4. The molecule has 1 aliphatic rings. The second-order valence-electron chi connectivity index (χ2n) is 5.04. The lowest BCUT2D eigenvalue weighted by Crippen LogP contribution is -2.57. The van der Waals surface area contributed by atoms with Crippen molar-refractivity contribution in [1.29, 1.82) is 5.26 Å². The molecule has 0 unspecified atom stereocenters. The Morgan fingerprint density at radius 3 is 2.91 bits per heavy atom. The Balaban J connectivity index is 1.52. The van der Waals surface area contributed by atoms with Gasteiger partial charge in [0, 0.05) is 12.3 Å². The number of aromatic nitrogens is 1. The second kappa shape index (κ2) is 6.55. The molecule has 2 amide bonds. The molecule has 1 saturated heterocycles. The highest BCUT2D eigenvalue weighted by atomic mass is 35.5. The first-order chi connectivity index (χ1) is 11.2. The van der Waals surface area contributed by atoms with Gasteiger partial charge in [0.2, 0.25) is 0 Å². The summed E-state index contributed by atoms with van der Waals surface area (Å²) in [6.07, 6.45) is 1.43. The van der Waals surface area contributed by atoms with Crippen LogP contribution in [0.4, 0.5) is 10.5 Å². The molecule has 6 nitrogen and oxygen atoms in total. The molecule has 7 heteroatoms. The fraction of sp³-hybridized carbons (Fsp3) is 0.188. The van der Waals surface area contributed by atoms with E-state index in [0.717, 1.165) is 0 Å². The maximum Gasteiger partial charge on any atom is 0.322 e. The number of benzene rings is 1. The summed E-state index contributed by atoms with van der Waals surface area (Å²) in [4.78, 5) is 17.6. The van der Waals surface area contributed by atoms with E-state index in [-0.39, 0.29) is 12.1 Å². The Morgan fingerprint density at radius 2 is 2.17 bits per heavy atom. The lowest BCUT2D eigenvalue weighted by Gasteiger charge is -2.38. The number of likely N-dealkylation sites (tertiary alicyclic amines) is 1. The minimum Gasteiger partial charge on any atom is -0.487 e. The number of nitrogens with one attached hydrogen (secondary N) is 1. The van der Waals surface area contributed by atoms with Crippen molar-refractivity contribution in [3.05, 3.63) is 53.3 Å². The van der Waals surface area contributed by atoms with E-state index in [0.29, 0.717) is 35.2 Å². The monoisotopic (exact) mass is 328 g/mol. The summed E-state index contributed by atoms with van der Waals surface area (Å²) in [5.74, 6) is 0.577. The number of rotatable bonds is 3. The van der Waals surface area contributed by atoms with Crippen molar-refractivity contribution >= 4 is 23.3 Å². The molecular weight excluding hydrogens is 316 g/mol. The number of nitriles is 1. The second-order valence-corrected chi connectivity index (χ2v) is 5.45. The molecule has 1 N–H and O–H groups in total. The van der Waals surface area contributed by atoms with Crippen molar-refractivity contribution in [3.8, 4) is 11.8 Å². The summed E-state index contributed by atoms with van der Waals surface area (Å²) in [6, 6.07) is 12.1. The Morgan fingerprint density at radius 1 is 1.39 bits per heavy atom. The van der Waals surface area contributed by atoms with E-state index >= 15 is 0 Å². The molecule has 0 radical (unpaired) electrons. The van der Waals surface area contributed by atoms with Crippen LogP contribution in [0.3, 0.4) is 0 Å². The van der Waals surface area contributed by atoms with Crippen LogP contribution in [0.1, 0.15) is 5.69 Å². The van der Waals surface area contributed by atoms with Crippen LogP contribution in [0.15, 0.2) is 42.6 Å². The number of para-hydroxylation sites is 1. The molecule has 0 bridgehead atoms. The predicted octanol–water partition coefficient (Wildman–Crippen LogP) is 2.90. The molecule has 0 atom stereocenters. The van der Waals surface area contributed by atoms with Gasteiger partial charge < -0.3 is 15.0 Å². The first kappa shape index (κ1) is 15.1. The number of ether oxygens (including phenoxy) is 1. The smallest absolute Gasteiger partial charge is 0.322 e. The van der Waals surface area contributed by atoms with E-state index in [1.165, 1.54) is 6.20 Å². The number of carbonyl (C=O) groups is 1. The zero-order valence-electron chi connectivity index (χ0n) is 12.1.